The maximum atomic E-state index is 12.1. The summed E-state index contributed by atoms with van der Waals surface area (Å²) in [5.74, 6) is -1.33. The second kappa shape index (κ2) is 6.58. The number of aliphatic carboxylic acids is 1. The van der Waals surface area contributed by atoms with Crippen LogP contribution in [0.4, 0.5) is 0 Å². The van der Waals surface area contributed by atoms with Gasteiger partial charge in [-0.25, -0.2) is 0 Å². The Bertz CT molecular complexity index is 531. The highest BCUT2D eigenvalue weighted by molar-refractivity contribution is 5.87. The zero-order chi connectivity index (χ0) is 15.4. The molecule has 2 rings (SSSR count). The van der Waals surface area contributed by atoms with E-state index in [2.05, 4.69) is 0 Å². The minimum absolute atomic E-state index is 0.00175. The fourth-order valence-corrected chi connectivity index (χ4v) is 2.76. The summed E-state index contributed by atoms with van der Waals surface area (Å²) in [6, 6.07) is 6.67. The minimum atomic E-state index is -0.973. The molecule has 1 aromatic rings. The van der Waals surface area contributed by atoms with Crippen LogP contribution in [-0.4, -0.2) is 49.3 Å². The summed E-state index contributed by atoms with van der Waals surface area (Å²) < 4.78 is 10.3. The van der Waals surface area contributed by atoms with E-state index in [1.54, 1.807) is 24.1 Å². The van der Waals surface area contributed by atoms with E-state index in [0.717, 1.165) is 0 Å². The van der Waals surface area contributed by atoms with Crippen molar-refractivity contribution in [3.05, 3.63) is 29.8 Å². The maximum Gasteiger partial charge on any atom is 0.309 e. The van der Waals surface area contributed by atoms with E-state index < -0.39 is 17.9 Å². The second-order valence-corrected chi connectivity index (χ2v) is 4.92. The molecule has 6 heteroatoms. The number of methoxy groups -OCH3 is 2. The first-order chi connectivity index (χ1) is 10.1. The molecule has 1 aliphatic rings. The molecule has 21 heavy (non-hydrogen) atoms. The quantitative estimate of drug-likeness (QED) is 0.856. The van der Waals surface area contributed by atoms with Crippen molar-refractivity contribution in [3.63, 3.8) is 0 Å². The van der Waals surface area contributed by atoms with Gasteiger partial charge in [0.1, 0.15) is 5.75 Å². The molecule has 1 heterocycles. The summed E-state index contributed by atoms with van der Waals surface area (Å²) in [5, 5.41) is 9.42. The lowest BCUT2D eigenvalue weighted by molar-refractivity contribution is -0.142. The molecule has 0 saturated carbocycles. The number of ether oxygens (including phenoxy) is 2. The third-order valence-corrected chi connectivity index (χ3v) is 3.74. The van der Waals surface area contributed by atoms with Gasteiger partial charge in [0.2, 0.25) is 5.91 Å². The molecule has 0 radical (unpaired) electrons. The van der Waals surface area contributed by atoms with Crippen LogP contribution in [0, 0.1) is 5.92 Å². The van der Waals surface area contributed by atoms with Crippen molar-refractivity contribution in [2.24, 2.45) is 5.92 Å². The monoisotopic (exact) mass is 293 g/mol. The number of nitrogens with zero attached hydrogens (tertiary/aromatic N) is 1. The van der Waals surface area contributed by atoms with E-state index in [9.17, 15) is 14.7 Å². The lowest BCUT2D eigenvalue weighted by Gasteiger charge is -2.28. The van der Waals surface area contributed by atoms with Gasteiger partial charge in [-0.05, 0) is 6.07 Å². The molecule has 1 N–H and O–H groups in total. The highest BCUT2D eigenvalue weighted by atomic mass is 16.5. The van der Waals surface area contributed by atoms with Crippen LogP contribution in [-0.2, 0) is 14.3 Å². The molecule has 0 aliphatic carbocycles. The third-order valence-electron chi connectivity index (χ3n) is 3.74. The number of rotatable bonds is 6. The van der Waals surface area contributed by atoms with Gasteiger partial charge in [-0.1, -0.05) is 18.2 Å². The van der Waals surface area contributed by atoms with Crippen LogP contribution >= 0.6 is 0 Å². The van der Waals surface area contributed by atoms with Gasteiger partial charge in [-0.2, -0.15) is 0 Å². The van der Waals surface area contributed by atoms with Crippen LogP contribution in [0.25, 0.3) is 0 Å². The SMILES string of the molecule is COCCN1C(=O)C[C@@H](C(=O)O)[C@H]1c1ccccc1OC. The molecule has 0 aromatic heterocycles. The van der Waals surface area contributed by atoms with Crippen molar-refractivity contribution < 1.29 is 24.2 Å². The molecular weight excluding hydrogens is 274 g/mol. The summed E-state index contributed by atoms with van der Waals surface area (Å²) in [7, 11) is 3.08. The van der Waals surface area contributed by atoms with E-state index >= 15 is 0 Å². The van der Waals surface area contributed by atoms with E-state index in [0.29, 0.717) is 24.5 Å². The van der Waals surface area contributed by atoms with Crippen molar-refractivity contribution in [3.8, 4) is 5.75 Å². The zero-order valence-electron chi connectivity index (χ0n) is 12.1. The molecule has 1 saturated heterocycles. The predicted octanol–water partition coefficient (Wildman–Crippen LogP) is 1.32. The molecule has 1 aromatic carbocycles. The molecule has 1 aliphatic heterocycles. The molecule has 6 nitrogen and oxygen atoms in total. The Hall–Kier alpha value is -2.08. The lowest BCUT2D eigenvalue weighted by atomic mass is 9.93. The highest BCUT2D eigenvalue weighted by Crippen LogP contribution is 2.41. The molecule has 0 unspecified atom stereocenters. The van der Waals surface area contributed by atoms with Crippen molar-refractivity contribution in [1.29, 1.82) is 0 Å². The van der Waals surface area contributed by atoms with Gasteiger partial charge in [0, 0.05) is 25.6 Å². The average molecular weight is 293 g/mol. The van der Waals surface area contributed by atoms with Crippen LogP contribution in [0.2, 0.25) is 0 Å². The average Bonchev–Trinajstić information content (AvgIpc) is 2.82. The van der Waals surface area contributed by atoms with Crippen LogP contribution in [0.3, 0.4) is 0 Å². The molecule has 1 amide bonds. The Morgan fingerprint density at radius 1 is 1.38 bits per heavy atom. The molecule has 0 spiro atoms. The van der Waals surface area contributed by atoms with Crippen molar-refractivity contribution in [2.45, 2.75) is 12.5 Å². The van der Waals surface area contributed by atoms with Gasteiger partial charge in [-0.15, -0.1) is 0 Å². The summed E-state index contributed by atoms with van der Waals surface area (Å²) in [5.41, 5.74) is 0.717. The summed E-state index contributed by atoms with van der Waals surface area (Å²) in [6.45, 7) is 0.728. The first-order valence-electron chi connectivity index (χ1n) is 6.74. The molecule has 2 atom stereocenters. The second-order valence-electron chi connectivity index (χ2n) is 4.92. The number of carboxylic acids is 1. The van der Waals surface area contributed by atoms with Gasteiger partial charge < -0.3 is 19.5 Å². The number of amides is 1. The van der Waals surface area contributed by atoms with Gasteiger partial charge in [0.15, 0.2) is 0 Å². The normalized spacial score (nSPS) is 21.6. The Labute approximate surface area is 123 Å². The number of carbonyl (C=O) groups excluding carboxylic acids is 1. The first kappa shape index (κ1) is 15.3. The van der Waals surface area contributed by atoms with Crippen LogP contribution in [0.15, 0.2) is 24.3 Å². The standard InChI is InChI=1S/C15H19NO5/c1-20-8-7-16-13(17)9-11(15(18)19)14(16)10-5-3-4-6-12(10)21-2/h3-6,11,14H,7-9H2,1-2H3,(H,18,19)/t11-,14-/m1/s1. The van der Waals surface area contributed by atoms with Crippen LogP contribution in [0.5, 0.6) is 5.75 Å². The number of hydrogen-bond donors (Lipinski definition) is 1. The number of carboxylic acid groups (broad SMARTS) is 1. The van der Waals surface area contributed by atoms with E-state index in [-0.39, 0.29) is 12.3 Å². The number of likely N-dealkylation sites (tertiary alicyclic amines) is 1. The van der Waals surface area contributed by atoms with Gasteiger partial charge >= 0.3 is 5.97 Å². The van der Waals surface area contributed by atoms with Crippen molar-refractivity contribution >= 4 is 11.9 Å². The largest absolute Gasteiger partial charge is 0.496 e. The summed E-state index contributed by atoms with van der Waals surface area (Å²) >= 11 is 0. The van der Waals surface area contributed by atoms with Crippen LogP contribution < -0.4 is 4.74 Å². The molecule has 1 fully saturated rings. The third kappa shape index (κ3) is 3.00. The van der Waals surface area contributed by atoms with E-state index in [4.69, 9.17) is 9.47 Å². The van der Waals surface area contributed by atoms with Gasteiger partial charge in [0.05, 0.1) is 25.7 Å². The van der Waals surface area contributed by atoms with Crippen molar-refractivity contribution in [1.82, 2.24) is 4.90 Å². The molecular formula is C15H19NO5. The Balaban J connectivity index is 2.41. The maximum absolute atomic E-state index is 12.1. The number of carbonyl (C=O) groups is 2. The molecule has 0 bridgehead atoms. The molecule has 114 valence electrons. The Kier molecular flexibility index (Phi) is 4.80. The lowest BCUT2D eigenvalue weighted by Crippen LogP contribution is -2.33. The highest BCUT2D eigenvalue weighted by Gasteiger charge is 2.45. The topological polar surface area (TPSA) is 76.1 Å². The first-order valence-corrected chi connectivity index (χ1v) is 6.74. The number of para-hydroxylation sites is 1. The van der Waals surface area contributed by atoms with E-state index in [1.807, 2.05) is 12.1 Å². The smallest absolute Gasteiger partial charge is 0.309 e. The minimum Gasteiger partial charge on any atom is -0.496 e. The predicted molar refractivity (Wildman–Crippen MR) is 75.1 cm³/mol. The number of hydrogen-bond acceptors (Lipinski definition) is 4. The Morgan fingerprint density at radius 3 is 2.71 bits per heavy atom. The fraction of sp³-hybridized carbons (Fsp3) is 0.467. The van der Waals surface area contributed by atoms with E-state index in [1.165, 1.54) is 7.11 Å². The summed E-state index contributed by atoms with van der Waals surface area (Å²) in [4.78, 5) is 25.2. The van der Waals surface area contributed by atoms with Gasteiger partial charge in [-0.3, -0.25) is 9.59 Å². The zero-order valence-corrected chi connectivity index (χ0v) is 12.1. The van der Waals surface area contributed by atoms with Crippen LogP contribution in [0.1, 0.15) is 18.0 Å². The fourth-order valence-electron chi connectivity index (χ4n) is 2.76. The number of benzene rings is 1. The van der Waals surface area contributed by atoms with Crippen molar-refractivity contribution in [2.75, 3.05) is 27.4 Å². The van der Waals surface area contributed by atoms with Gasteiger partial charge in [0.25, 0.3) is 0 Å². The summed E-state index contributed by atoms with van der Waals surface area (Å²) in [6.07, 6.45) is 0.00175. The Morgan fingerprint density at radius 2 is 2.10 bits per heavy atom.